The summed E-state index contributed by atoms with van der Waals surface area (Å²) in [5.41, 5.74) is 2.60. The molecule has 6 nitrogen and oxygen atoms in total. The topological polar surface area (TPSA) is 72.5 Å². The predicted octanol–water partition coefficient (Wildman–Crippen LogP) is 3.81. The van der Waals surface area contributed by atoms with Crippen LogP contribution in [0, 0.1) is 5.82 Å². The first kappa shape index (κ1) is 16.8. The van der Waals surface area contributed by atoms with Gasteiger partial charge in [0.15, 0.2) is 11.5 Å². The van der Waals surface area contributed by atoms with E-state index in [0.29, 0.717) is 29.4 Å². The van der Waals surface area contributed by atoms with E-state index in [1.54, 1.807) is 48.7 Å². The molecule has 0 saturated heterocycles. The molecule has 2 aromatic carbocycles. The summed E-state index contributed by atoms with van der Waals surface area (Å²) in [6.07, 6.45) is 1.58. The van der Waals surface area contributed by atoms with Crippen molar-refractivity contribution in [1.29, 1.82) is 0 Å². The van der Waals surface area contributed by atoms with E-state index in [1.807, 2.05) is 0 Å². The Hall–Kier alpha value is -3.61. The Morgan fingerprint density at radius 1 is 1.00 bits per heavy atom. The van der Waals surface area contributed by atoms with E-state index < -0.39 is 0 Å². The molecular formula is C20H16FN3O3. The third-order valence-corrected chi connectivity index (χ3v) is 4.04. The fourth-order valence-electron chi connectivity index (χ4n) is 2.61. The average Bonchev–Trinajstić information content (AvgIpc) is 3.16. The highest BCUT2D eigenvalue weighted by Crippen LogP contribution is 2.34. The predicted molar refractivity (Wildman–Crippen MR) is 98.5 cm³/mol. The molecule has 136 valence electrons. The molecule has 4 rings (SSSR count). The number of nitrogens with zero attached hydrogens (tertiary/aromatic N) is 1. The minimum atomic E-state index is -0.320. The van der Waals surface area contributed by atoms with Gasteiger partial charge < -0.3 is 20.1 Å². The van der Waals surface area contributed by atoms with Crippen LogP contribution in [0.15, 0.2) is 60.8 Å². The zero-order valence-electron chi connectivity index (χ0n) is 14.2. The van der Waals surface area contributed by atoms with Crippen molar-refractivity contribution in [2.24, 2.45) is 0 Å². The van der Waals surface area contributed by atoms with Gasteiger partial charge in [-0.25, -0.2) is 9.37 Å². The second-order valence-electron chi connectivity index (χ2n) is 5.93. The van der Waals surface area contributed by atoms with Crippen LogP contribution in [0.25, 0.3) is 0 Å². The molecule has 0 saturated carbocycles. The highest BCUT2D eigenvalue weighted by molar-refractivity contribution is 6.03. The SMILES string of the molecule is O=C(Nc1ccc2c(c1)OCO2)c1ccc(NCc2ccc(F)cc2)cn1. The van der Waals surface area contributed by atoms with E-state index in [0.717, 1.165) is 11.3 Å². The maximum absolute atomic E-state index is 12.9. The van der Waals surface area contributed by atoms with E-state index in [4.69, 9.17) is 9.47 Å². The lowest BCUT2D eigenvalue weighted by Crippen LogP contribution is -2.13. The van der Waals surface area contributed by atoms with Crippen LogP contribution in [-0.4, -0.2) is 17.7 Å². The van der Waals surface area contributed by atoms with Crippen LogP contribution < -0.4 is 20.1 Å². The number of fused-ring (bicyclic) bond motifs is 1. The molecule has 0 aliphatic carbocycles. The van der Waals surface area contributed by atoms with Gasteiger partial charge in [0.25, 0.3) is 5.91 Å². The molecule has 0 radical (unpaired) electrons. The normalized spacial score (nSPS) is 11.9. The summed E-state index contributed by atoms with van der Waals surface area (Å²) in [4.78, 5) is 16.5. The number of aromatic nitrogens is 1. The second kappa shape index (κ2) is 7.33. The van der Waals surface area contributed by atoms with E-state index in [-0.39, 0.29) is 18.5 Å². The number of nitrogens with one attached hydrogen (secondary N) is 2. The third kappa shape index (κ3) is 3.98. The highest BCUT2D eigenvalue weighted by atomic mass is 19.1. The van der Waals surface area contributed by atoms with Gasteiger partial charge >= 0.3 is 0 Å². The van der Waals surface area contributed by atoms with Gasteiger partial charge in [-0.2, -0.15) is 0 Å². The summed E-state index contributed by atoms with van der Waals surface area (Å²) < 4.78 is 23.4. The second-order valence-corrected chi connectivity index (χ2v) is 5.93. The lowest BCUT2D eigenvalue weighted by molar-refractivity contribution is 0.102. The van der Waals surface area contributed by atoms with Crippen molar-refractivity contribution < 1.29 is 18.7 Å². The van der Waals surface area contributed by atoms with Crippen LogP contribution >= 0.6 is 0 Å². The quantitative estimate of drug-likeness (QED) is 0.719. The van der Waals surface area contributed by atoms with Crippen molar-refractivity contribution in [3.63, 3.8) is 0 Å². The van der Waals surface area contributed by atoms with Crippen molar-refractivity contribution >= 4 is 17.3 Å². The van der Waals surface area contributed by atoms with Crippen LogP contribution in [0.4, 0.5) is 15.8 Å². The largest absolute Gasteiger partial charge is 0.454 e. The summed E-state index contributed by atoms with van der Waals surface area (Å²) in [6.45, 7) is 0.714. The van der Waals surface area contributed by atoms with E-state index in [1.165, 1.54) is 12.1 Å². The molecule has 0 spiro atoms. The maximum atomic E-state index is 12.9. The lowest BCUT2D eigenvalue weighted by Gasteiger charge is -2.08. The zero-order chi connectivity index (χ0) is 18.6. The zero-order valence-corrected chi connectivity index (χ0v) is 14.2. The van der Waals surface area contributed by atoms with Gasteiger partial charge in [0.1, 0.15) is 11.5 Å². The van der Waals surface area contributed by atoms with Gasteiger partial charge in [0.2, 0.25) is 6.79 Å². The molecule has 2 N–H and O–H groups in total. The molecule has 1 aliphatic rings. The van der Waals surface area contributed by atoms with E-state index in [9.17, 15) is 9.18 Å². The van der Waals surface area contributed by atoms with Gasteiger partial charge in [-0.3, -0.25) is 4.79 Å². The maximum Gasteiger partial charge on any atom is 0.274 e. The average molecular weight is 365 g/mol. The van der Waals surface area contributed by atoms with Crippen LogP contribution in [-0.2, 0) is 6.54 Å². The molecule has 0 bridgehead atoms. The Balaban J connectivity index is 1.36. The number of pyridine rings is 1. The van der Waals surface area contributed by atoms with E-state index in [2.05, 4.69) is 15.6 Å². The molecule has 0 fully saturated rings. The molecule has 27 heavy (non-hydrogen) atoms. The van der Waals surface area contributed by atoms with Crippen LogP contribution in [0.2, 0.25) is 0 Å². The molecule has 1 amide bonds. The van der Waals surface area contributed by atoms with Crippen molar-refractivity contribution in [2.75, 3.05) is 17.4 Å². The number of hydrogen-bond donors (Lipinski definition) is 2. The summed E-state index contributed by atoms with van der Waals surface area (Å²) in [5.74, 6) is 0.668. The Kier molecular flexibility index (Phi) is 4.57. The van der Waals surface area contributed by atoms with Crippen molar-refractivity contribution in [3.05, 3.63) is 77.9 Å². The molecule has 3 aromatic rings. The Labute approximate surface area is 155 Å². The molecule has 2 heterocycles. The number of hydrogen-bond acceptors (Lipinski definition) is 5. The molecule has 0 unspecified atom stereocenters. The number of carbonyl (C=O) groups excluding carboxylic acids is 1. The highest BCUT2D eigenvalue weighted by Gasteiger charge is 2.15. The number of ether oxygens (including phenoxy) is 2. The van der Waals surface area contributed by atoms with Gasteiger partial charge in [-0.15, -0.1) is 0 Å². The first-order valence-electron chi connectivity index (χ1n) is 8.33. The number of halogens is 1. The molecule has 1 aliphatic heterocycles. The first-order valence-corrected chi connectivity index (χ1v) is 8.33. The van der Waals surface area contributed by atoms with Crippen LogP contribution in [0.5, 0.6) is 11.5 Å². The van der Waals surface area contributed by atoms with Crippen molar-refractivity contribution in [3.8, 4) is 11.5 Å². The van der Waals surface area contributed by atoms with Crippen LogP contribution in [0.3, 0.4) is 0 Å². The molecule has 1 aromatic heterocycles. The number of rotatable bonds is 5. The Bertz CT molecular complexity index is 959. The number of anilines is 2. The monoisotopic (exact) mass is 365 g/mol. The van der Waals surface area contributed by atoms with Crippen molar-refractivity contribution in [1.82, 2.24) is 4.98 Å². The summed E-state index contributed by atoms with van der Waals surface area (Å²) in [5, 5.41) is 5.96. The van der Waals surface area contributed by atoms with Gasteiger partial charge in [-0.1, -0.05) is 12.1 Å². The third-order valence-electron chi connectivity index (χ3n) is 4.04. The standard InChI is InChI=1S/C20H16FN3O3/c21-14-3-1-13(2-4-14)10-22-16-5-7-17(23-11-16)20(25)24-15-6-8-18-19(9-15)27-12-26-18/h1-9,11,22H,10,12H2,(H,24,25). The van der Waals surface area contributed by atoms with E-state index >= 15 is 0 Å². The summed E-state index contributed by atoms with van der Waals surface area (Å²) in [6, 6.07) is 14.8. The number of amides is 1. The summed E-state index contributed by atoms with van der Waals surface area (Å²) >= 11 is 0. The minimum Gasteiger partial charge on any atom is -0.454 e. The number of carbonyl (C=O) groups is 1. The lowest BCUT2D eigenvalue weighted by atomic mass is 10.2. The fourth-order valence-corrected chi connectivity index (χ4v) is 2.61. The van der Waals surface area contributed by atoms with Crippen molar-refractivity contribution in [2.45, 2.75) is 6.54 Å². The first-order chi connectivity index (χ1) is 13.2. The fraction of sp³-hybridized carbons (Fsp3) is 0.100. The van der Waals surface area contributed by atoms with Gasteiger partial charge in [0, 0.05) is 18.3 Å². The van der Waals surface area contributed by atoms with Crippen LogP contribution in [0.1, 0.15) is 16.1 Å². The molecule has 7 heteroatoms. The smallest absolute Gasteiger partial charge is 0.274 e. The minimum absolute atomic E-state index is 0.181. The Morgan fingerprint density at radius 3 is 2.56 bits per heavy atom. The molecule has 0 atom stereocenters. The number of benzene rings is 2. The molecular weight excluding hydrogens is 349 g/mol. The van der Waals surface area contributed by atoms with Gasteiger partial charge in [0.05, 0.1) is 11.9 Å². The Morgan fingerprint density at radius 2 is 1.78 bits per heavy atom. The summed E-state index contributed by atoms with van der Waals surface area (Å²) in [7, 11) is 0. The van der Waals surface area contributed by atoms with Gasteiger partial charge in [-0.05, 0) is 42.0 Å².